The maximum Gasteiger partial charge on any atom is 0.130 e. The molecule has 20 heavy (non-hydrogen) atoms. The van der Waals surface area contributed by atoms with Crippen molar-refractivity contribution in [2.45, 2.75) is 26.4 Å². The third kappa shape index (κ3) is 3.32. The van der Waals surface area contributed by atoms with E-state index in [-0.39, 0.29) is 0 Å². The molecule has 0 saturated heterocycles. The number of ether oxygens (including phenoxy) is 1. The molecular weight excluding hydrogens is 274 g/mol. The van der Waals surface area contributed by atoms with E-state index in [1.165, 1.54) is 0 Å². The van der Waals surface area contributed by atoms with Gasteiger partial charge in [-0.05, 0) is 37.6 Å². The average Bonchev–Trinajstić information content (AvgIpc) is 2.80. The van der Waals surface area contributed by atoms with Gasteiger partial charge in [-0.2, -0.15) is 5.10 Å². The summed E-state index contributed by atoms with van der Waals surface area (Å²) in [5.74, 6) is 0.794. The Morgan fingerprint density at radius 1 is 1.40 bits per heavy atom. The van der Waals surface area contributed by atoms with Gasteiger partial charge in [0.2, 0.25) is 0 Å². The first-order chi connectivity index (χ1) is 9.65. The van der Waals surface area contributed by atoms with Crippen LogP contribution in [-0.2, 0) is 26.5 Å². The maximum absolute atomic E-state index is 6.19. The third-order valence-electron chi connectivity index (χ3n) is 3.24. The van der Waals surface area contributed by atoms with Gasteiger partial charge in [-0.1, -0.05) is 24.6 Å². The number of hydrogen-bond acceptors (Lipinski definition) is 3. The normalized spacial score (nSPS) is 10.8. The molecule has 0 saturated carbocycles. The summed E-state index contributed by atoms with van der Waals surface area (Å²) in [6.45, 7) is 3.11. The molecule has 0 amide bonds. The van der Waals surface area contributed by atoms with Gasteiger partial charge in [-0.25, -0.2) is 0 Å². The molecule has 0 atom stereocenters. The highest BCUT2D eigenvalue weighted by Gasteiger charge is 2.09. The summed E-state index contributed by atoms with van der Waals surface area (Å²) >= 11 is 6.19. The number of aromatic nitrogens is 2. The van der Waals surface area contributed by atoms with E-state index in [0.717, 1.165) is 29.1 Å². The fourth-order valence-electron chi connectivity index (χ4n) is 2.09. The topological polar surface area (TPSA) is 53.1 Å². The molecule has 0 aliphatic carbocycles. The summed E-state index contributed by atoms with van der Waals surface area (Å²) in [5, 5.41) is 5.11. The molecule has 0 fully saturated rings. The van der Waals surface area contributed by atoms with Crippen LogP contribution >= 0.6 is 11.6 Å². The molecule has 4 nitrogen and oxygen atoms in total. The lowest BCUT2D eigenvalue weighted by Crippen LogP contribution is -2.07. The van der Waals surface area contributed by atoms with Crippen LogP contribution in [0.2, 0.25) is 5.02 Å². The minimum Gasteiger partial charge on any atom is -0.487 e. The molecule has 5 heteroatoms. The molecule has 0 spiro atoms. The Labute approximate surface area is 124 Å². The highest BCUT2D eigenvalue weighted by Crippen LogP contribution is 2.27. The van der Waals surface area contributed by atoms with Crippen LogP contribution in [0.15, 0.2) is 24.3 Å². The van der Waals surface area contributed by atoms with Crippen molar-refractivity contribution in [3.8, 4) is 5.75 Å². The number of nitrogens with two attached hydrogens (primary N) is 1. The van der Waals surface area contributed by atoms with Gasteiger partial charge in [0.15, 0.2) is 0 Å². The molecule has 1 aromatic carbocycles. The van der Waals surface area contributed by atoms with Gasteiger partial charge < -0.3 is 10.5 Å². The third-order valence-corrected chi connectivity index (χ3v) is 3.59. The van der Waals surface area contributed by atoms with Crippen molar-refractivity contribution in [2.24, 2.45) is 12.8 Å². The molecule has 0 aliphatic heterocycles. The van der Waals surface area contributed by atoms with Crippen LogP contribution in [0.3, 0.4) is 0 Å². The Hall–Kier alpha value is -1.52. The van der Waals surface area contributed by atoms with E-state index >= 15 is 0 Å². The highest BCUT2D eigenvalue weighted by molar-refractivity contribution is 6.31. The van der Waals surface area contributed by atoms with E-state index in [0.29, 0.717) is 24.6 Å². The molecule has 0 radical (unpaired) electrons. The Kier molecular flexibility index (Phi) is 5.04. The summed E-state index contributed by atoms with van der Waals surface area (Å²) in [6.07, 6.45) is 1.63. The van der Waals surface area contributed by atoms with E-state index < -0.39 is 0 Å². The molecule has 1 heterocycles. The zero-order valence-corrected chi connectivity index (χ0v) is 12.7. The summed E-state index contributed by atoms with van der Waals surface area (Å²) in [5.41, 5.74) is 8.70. The van der Waals surface area contributed by atoms with Crippen molar-refractivity contribution in [1.29, 1.82) is 0 Å². The van der Waals surface area contributed by atoms with Gasteiger partial charge in [0.1, 0.15) is 12.4 Å². The minimum atomic E-state index is 0.474. The molecule has 0 aliphatic rings. The molecule has 1 aromatic heterocycles. The van der Waals surface area contributed by atoms with Crippen LogP contribution in [0.4, 0.5) is 0 Å². The SMILES string of the molecule is CCc1cc(COc2cccc(Cl)c2CCN)n(C)n1. The van der Waals surface area contributed by atoms with Crippen molar-refractivity contribution in [3.05, 3.63) is 46.2 Å². The van der Waals surface area contributed by atoms with Crippen LogP contribution in [-0.4, -0.2) is 16.3 Å². The van der Waals surface area contributed by atoms with Crippen molar-refractivity contribution in [1.82, 2.24) is 9.78 Å². The lowest BCUT2D eigenvalue weighted by atomic mass is 10.1. The Bertz CT molecular complexity index is 580. The molecule has 2 N–H and O–H groups in total. The van der Waals surface area contributed by atoms with Crippen molar-refractivity contribution < 1.29 is 4.74 Å². The number of benzene rings is 1. The van der Waals surface area contributed by atoms with Gasteiger partial charge in [-0.3, -0.25) is 4.68 Å². The fourth-order valence-corrected chi connectivity index (χ4v) is 2.35. The predicted molar refractivity (Wildman–Crippen MR) is 81.1 cm³/mol. The Morgan fingerprint density at radius 2 is 2.20 bits per heavy atom. The van der Waals surface area contributed by atoms with E-state index in [9.17, 15) is 0 Å². The van der Waals surface area contributed by atoms with Crippen LogP contribution in [0.5, 0.6) is 5.75 Å². The summed E-state index contributed by atoms with van der Waals surface area (Å²) in [4.78, 5) is 0. The van der Waals surface area contributed by atoms with Crippen LogP contribution in [0, 0.1) is 0 Å². The number of nitrogens with zero attached hydrogens (tertiary/aromatic N) is 2. The average molecular weight is 294 g/mol. The second-order valence-corrected chi connectivity index (χ2v) is 5.06. The van der Waals surface area contributed by atoms with Gasteiger partial charge in [0, 0.05) is 17.6 Å². The lowest BCUT2D eigenvalue weighted by molar-refractivity contribution is 0.292. The maximum atomic E-state index is 6.19. The lowest BCUT2D eigenvalue weighted by Gasteiger charge is -2.12. The highest BCUT2D eigenvalue weighted by atomic mass is 35.5. The van der Waals surface area contributed by atoms with Crippen LogP contribution in [0.25, 0.3) is 0 Å². The van der Waals surface area contributed by atoms with E-state index in [2.05, 4.69) is 18.1 Å². The standard InChI is InChI=1S/C15H20ClN3O/c1-3-11-9-12(19(2)18-11)10-20-15-6-4-5-14(16)13(15)7-8-17/h4-6,9H,3,7-8,10,17H2,1-2H3. The first kappa shape index (κ1) is 14.9. The molecule has 108 valence electrons. The van der Waals surface area contributed by atoms with Gasteiger partial charge >= 0.3 is 0 Å². The van der Waals surface area contributed by atoms with Crippen molar-refractivity contribution >= 4 is 11.6 Å². The fraction of sp³-hybridized carbons (Fsp3) is 0.400. The smallest absolute Gasteiger partial charge is 0.130 e. The monoisotopic (exact) mass is 293 g/mol. The van der Waals surface area contributed by atoms with Gasteiger partial charge in [0.05, 0.1) is 11.4 Å². The van der Waals surface area contributed by atoms with Crippen molar-refractivity contribution in [3.63, 3.8) is 0 Å². The summed E-state index contributed by atoms with van der Waals surface area (Å²) in [7, 11) is 1.93. The second kappa shape index (κ2) is 6.77. The Morgan fingerprint density at radius 3 is 2.85 bits per heavy atom. The number of halogens is 1. The summed E-state index contributed by atoms with van der Waals surface area (Å²) < 4.78 is 7.75. The van der Waals surface area contributed by atoms with E-state index in [4.69, 9.17) is 22.1 Å². The first-order valence-electron chi connectivity index (χ1n) is 6.77. The first-order valence-corrected chi connectivity index (χ1v) is 7.15. The zero-order valence-electron chi connectivity index (χ0n) is 11.9. The van der Waals surface area contributed by atoms with Crippen molar-refractivity contribution in [2.75, 3.05) is 6.54 Å². The zero-order chi connectivity index (χ0) is 14.5. The van der Waals surface area contributed by atoms with Crippen LogP contribution in [0.1, 0.15) is 23.9 Å². The second-order valence-electron chi connectivity index (χ2n) is 4.65. The predicted octanol–water partition coefficient (Wildman–Crippen LogP) is 2.72. The van der Waals surface area contributed by atoms with E-state index in [1.807, 2.05) is 29.9 Å². The molecule has 2 aromatic rings. The van der Waals surface area contributed by atoms with E-state index in [1.54, 1.807) is 0 Å². The molecule has 0 bridgehead atoms. The van der Waals surface area contributed by atoms with Crippen LogP contribution < -0.4 is 10.5 Å². The molecule has 2 rings (SSSR count). The number of rotatable bonds is 6. The Balaban J connectivity index is 2.14. The number of aryl methyl sites for hydroxylation is 2. The largest absolute Gasteiger partial charge is 0.487 e. The van der Waals surface area contributed by atoms with Gasteiger partial charge in [-0.15, -0.1) is 0 Å². The summed E-state index contributed by atoms with van der Waals surface area (Å²) in [6, 6.07) is 7.73. The van der Waals surface area contributed by atoms with Gasteiger partial charge in [0.25, 0.3) is 0 Å². The molecule has 0 unspecified atom stereocenters. The number of hydrogen-bond donors (Lipinski definition) is 1. The quantitative estimate of drug-likeness (QED) is 0.891. The molecular formula is C15H20ClN3O. The minimum absolute atomic E-state index is 0.474.